The van der Waals surface area contributed by atoms with Crippen molar-refractivity contribution in [3.8, 4) is 22.3 Å². The summed E-state index contributed by atoms with van der Waals surface area (Å²) in [6.45, 7) is 4.76. The highest BCUT2D eigenvalue weighted by Crippen LogP contribution is 2.23. The SMILES string of the molecule is CN1CCN(c2ccc(CNC(=O)c3[nH]ncc3-c3ccccc3)cc2)CC1.O=C(Nc1ccccc1)c1[nH]ncc1-c1ccccc1. The van der Waals surface area contributed by atoms with Gasteiger partial charge >= 0.3 is 0 Å². The van der Waals surface area contributed by atoms with E-state index in [9.17, 15) is 9.59 Å². The highest BCUT2D eigenvalue weighted by atomic mass is 16.2. The van der Waals surface area contributed by atoms with Crippen LogP contribution in [0.5, 0.6) is 0 Å². The van der Waals surface area contributed by atoms with Crippen LogP contribution in [-0.2, 0) is 6.54 Å². The molecule has 6 aromatic rings. The molecule has 48 heavy (non-hydrogen) atoms. The predicted octanol–water partition coefficient (Wildman–Crippen LogP) is 6.09. The van der Waals surface area contributed by atoms with Gasteiger partial charge in [0.15, 0.2) is 0 Å². The molecule has 0 unspecified atom stereocenters. The lowest BCUT2D eigenvalue weighted by molar-refractivity contribution is 0.0945. The zero-order chi connectivity index (χ0) is 33.1. The standard InChI is InChI=1S/C22H25N5O.C16H13N3O/c1-26-11-13-27(14-12-26)19-9-7-17(8-10-19)15-23-22(28)21-20(16-24-25-21)18-5-3-2-4-6-18;20-16(18-13-9-5-2-6-10-13)15-14(11-17-19-15)12-7-3-1-4-8-12/h2-10,16H,11-15H2,1H3,(H,23,28)(H,24,25);1-11H,(H,17,19)(H,18,20). The van der Waals surface area contributed by atoms with E-state index in [0.717, 1.165) is 59.7 Å². The molecule has 1 aliphatic rings. The molecule has 0 spiro atoms. The van der Waals surface area contributed by atoms with E-state index in [-0.39, 0.29) is 11.8 Å². The summed E-state index contributed by atoms with van der Waals surface area (Å²) in [7, 11) is 2.16. The van der Waals surface area contributed by atoms with Crippen molar-refractivity contribution in [3.05, 3.63) is 145 Å². The first-order valence-electron chi connectivity index (χ1n) is 15.9. The minimum atomic E-state index is -0.201. The van der Waals surface area contributed by atoms with Gasteiger partial charge in [0.05, 0.1) is 12.4 Å². The third-order valence-electron chi connectivity index (χ3n) is 8.19. The number of nitrogens with zero attached hydrogens (tertiary/aromatic N) is 4. The lowest BCUT2D eigenvalue weighted by Crippen LogP contribution is -2.44. The summed E-state index contributed by atoms with van der Waals surface area (Å²) in [5, 5.41) is 19.4. The topological polar surface area (TPSA) is 122 Å². The molecule has 1 aliphatic heterocycles. The Hall–Kier alpha value is -6.00. The molecule has 1 saturated heterocycles. The summed E-state index contributed by atoms with van der Waals surface area (Å²) in [6.07, 6.45) is 3.35. The number of para-hydroxylation sites is 1. The van der Waals surface area contributed by atoms with Crippen LogP contribution in [0.25, 0.3) is 22.3 Å². The number of rotatable bonds is 8. The number of hydrogen-bond acceptors (Lipinski definition) is 6. The number of benzene rings is 4. The molecule has 7 rings (SSSR count). The number of nitrogens with one attached hydrogen (secondary N) is 4. The van der Waals surface area contributed by atoms with Gasteiger partial charge in [0, 0.05) is 55.2 Å². The third kappa shape index (κ3) is 8.04. The first-order valence-corrected chi connectivity index (χ1v) is 15.9. The van der Waals surface area contributed by atoms with E-state index in [1.165, 1.54) is 5.69 Å². The van der Waals surface area contributed by atoms with Gasteiger partial charge in [0.25, 0.3) is 11.8 Å². The second-order valence-corrected chi connectivity index (χ2v) is 11.5. The summed E-state index contributed by atoms with van der Waals surface area (Å²) in [4.78, 5) is 29.7. The van der Waals surface area contributed by atoms with Crippen molar-refractivity contribution in [3.63, 3.8) is 0 Å². The van der Waals surface area contributed by atoms with Gasteiger partial charge in [0.2, 0.25) is 0 Å². The van der Waals surface area contributed by atoms with Crippen molar-refractivity contribution >= 4 is 23.2 Å². The highest BCUT2D eigenvalue weighted by molar-refractivity contribution is 6.07. The van der Waals surface area contributed by atoms with Crippen molar-refractivity contribution in [2.75, 3.05) is 43.4 Å². The highest BCUT2D eigenvalue weighted by Gasteiger charge is 2.17. The Kier molecular flexibility index (Phi) is 10.3. The van der Waals surface area contributed by atoms with Crippen molar-refractivity contribution in [2.24, 2.45) is 0 Å². The van der Waals surface area contributed by atoms with Crippen LogP contribution in [0.1, 0.15) is 26.5 Å². The number of aromatic amines is 2. The summed E-state index contributed by atoms with van der Waals surface area (Å²) in [5.41, 5.74) is 7.54. The van der Waals surface area contributed by atoms with Crippen molar-refractivity contribution in [1.82, 2.24) is 30.6 Å². The van der Waals surface area contributed by atoms with Crippen LogP contribution < -0.4 is 15.5 Å². The van der Waals surface area contributed by atoms with E-state index in [1.54, 1.807) is 12.4 Å². The van der Waals surface area contributed by atoms with Crippen LogP contribution in [0.3, 0.4) is 0 Å². The fraction of sp³-hybridized carbons (Fsp3) is 0.158. The first kappa shape index (κ1) is 32.0. The first-order chi connectivity index (χ1) is 23.5. The quantitative estimate of drug-likeness (QED) is 0.160. The average Bonchev–Trinajstić information content (AvgIpc) is 3.84. The van der Waals surface area contributed by atoms with Gasteiger partial charge in [-0.2, -0.15) is 10.2 Å². The zero-order valence-electron chi connectivity index (χ0n) is 26.8. The Bertz CT molecular complexity index is 1900. The number of H-pyrrole nitrogens is 2. The van der Waals surface area contributed by atoms with Crippen LogP contribution in [-0.4, -0.2) is 70.3 Å². The molecule has 0 saturated carbocycles. The smallest absolute Gasteiger partial charge is 0.274 e. The van der Waals surface area contributed by atoms with Crippen LogP contribution in [0.15, 0.2) is 128 Å². The predicted molar refractivity (Wildman–Crippen MR) is 190 cm³/mol. The van der Waals surface area contributed by atoms with Crippen molar-refractivity contribution < 1.29 is 9.59 Å². The Balaban J connectivity index is 0.000000177. The van der Waals surface area contributed by atoms with Crippen LogP contribution in [0, 0.1) is 0 Å². The van der Waals surface area contributed by atoms with Crippen LogP contribution >= 0.6 is 0 Å². The van der Waals surface area contributed by atoms with E-state index in [4.69, 9.17) is 0 Å². The maximum atomic E-state index is 12.6. The minimum absolute atomic E-state index is 0.153. The van der Waals surface area contributed by atoms with Crippen molar-refractivity contribution in [2.45, 2.75) is 6.54 Å². The summed E-state index contributed by atoms with van der Waals surface area (Å²) in [5.74, 6) is -0.355. The number of aromatic nitrogens is 4. The number of hydrogen-bond donors (Lipinski definition) is 4. The van der Waals surface area contributed by atoms with E-state index < -0.39 is 0 Å². The lowest BCUT2D eigenvalue weighted by Gasteiger charge is -2.34. The molecular weight excluding hydrogens is 600 g/mol. The number of carbonyl (C=O) groups excluding carboxylic acids is 2. The summed E-state index contributed by atoms with van der Waals surface area (Å²) >= 11 is 0. The number of likely N-dealkylation sites (N-methyl/N-ethyl adjacent to an activating group) is 1. The molecule has 2 amide bonds. The Morgan fingerprint density at radius 3 is 1.69 bits per heavy atom. The summed E-state index contributed by atoms with van der Waals surface area (Å²) in [6, 6.07) is 37.3. The molecule has 1 fully saturated rings. The monoisotopic (exact) mass is 638 g/mol. The Labute approximate surface area is 279 Å². The minimum Gasteiger partial charge on any atom is -0.369 e. The molecule has 0 atom stereocenters. The summed E-state index contributed by atoms with van der Waals surface area (Å²) < 4.78 is 0. The van der Waals surface area contributed by atoms with Crippen LogP contribution in [0.4, 0.5) is 11.4 Å². The van der Waals surface area contributed by atoms with Crippen LogP contribution in [0.2, 0.25) is 0 Å². The molecule has 0 bridgehead atoms. The second kappa shape index (κ2) is 15.5. The molecule has 10 nitrogen and oxygen atoms in total. The van der Waals surface area contributed by atoms with E-state index in [1.807, 2.05) is 91.0 Å². The Morgan fingerprint density at radius 1 is 0.646 bits per heavy atom. The van der Waals surface area contributed by atoms with E-state index in [0.29, 0.717) is 17.9 Å². The van der Waals surface area contributed by atoms with Gasteiger partial charge in [0.1, 0.15) is 11.4 Å². The third-order valence-corrected chi connectivity index (χ3v) is 8.19. The molecule has 0 radical (unpaired) electrons. The molecule has 0 aliphatic carbocycles. The van der Waals surface area contributed by atoms with Gasteiger partial charge in [-0.15, -0.1) is 0 Å². The fourth-order valence-electron chi connectivity index (χ4n) is 5.47. The lowest BCUT2D eigenvalue weighted by atomic mass is 10.1. The van der Waals surface area contributed by atoms with Crippen molar-refractivity contribution in [1.29, 1.82) is 0 Å². The number of anilines is 2. The van der Waals surface area contributed by atoms with Gasteiger partial charge in [-0.3, -0.25) is 19.8 Å². The second-order valence-electron chi connectivity index (χ2n) is 11.5. The average molecular weight is 639 g/mol. The maximum absolute atomic E-state index is 12.6. The maximum Gasteiger partial charge on any atom is 0.274 e. The Morgan fingerprint density at radius 2 is 1.15 bits per heavy atom. The number of piperazine rings is 1. The molecule has 4 N–H and O–H groups in total. The molecule has 4 aromatic carbocycles. The number of carbonyl (C=O) groups is 2. The van der Waals surface area contributed by atoms with Gasteiger partial charge in [-0.1, -0.05) is 91.0 Å². The van der Waals surface area contributed by atoms with Gasteiger partial charge in [-0.25, -0.2) is 0 Å². The van der Waals surface area contributed by atoms with E-state index >= 15 is 0 Å². The largest absolute Gasteiger partial charge is 0.369 e. The zero-order valence-corrected chi connectivity index (χ0v) is 26.8. The number of amides is 2. The van der Waals surface area contributed by atoms with E-state index in [2.05, 4.69) is 72.1 Å². The molecular formula is C38H38N8O2. The fourth-order valence-corrected chi connectivity index (χ4v) is 5.47. The molecule has 2 aromatic heterocycles. The molecule has 3 heterocycles. The molecule has 10 heteroatoms. The molecule has 242 valence electrons. The van der Waals surface area contributed by atoms with Gasteiger partial charge in [-0.05, 0) is 48.0 Å². The van der Waals surface area contributed by atoms with Gasteiger partial charge < -0.3 is 20.4 Å². The normalized spacial score (nSPS) is 12.9.